The Labute approximate surface area is 480 Å². The number of unbranched alkanes of at least 4 members (excludes halogenated alkanes) is 47. The van der Waals surface area contributed by atoms with E-state index in [4.69, 9.17) is 4.74 Å². The summed E-state index contributed by atoms with van der Waals surface area (Å²) in [5, 5.41) is 23.0. The fourth-order valence-corrected chi connectivity index (χ4v) is 10.5. The van der Waals surface area contributed by atoms with Crippen molar-refractivity contribution in [1.82, 2.24) is 5.32 Å². The molecule has 6 heteroatoms. The molecule has 0 saturated carbocycles. The van der Waals surface area contributed by atoms with Gasteiger partial charge in [-0.15, -0.1) is 0 Å². The number of nitrogens with one attached hydrogen (secondary N) is 1. The van der Waals surface area contributed by atoms with Gasteiger partial charge in [-0.2, -0.15) is 0 Å². The lowest BCUT2D eigenvalue weighted by molar-refractivity contribution is -0.143. The van der Waals surface area contributed by atoms with Gasteiger partial charge in [-0.3, -0.25) is 9.59 Å². The molecular formula is C71H133NO5. The van der Waals surface area contributed by atoms with E-state index in [0.29, 0.717) is 19.4 Å². The zero-order valence-corrected chi connectivity index (χ0v) is 51.7. The van der Waals surface area contributed by atoms with Crippen LogP contribution in [0.5, 0.6) is 0 Å². The van der Waals surface area contributed by atoms with Crippen molar-refractivity contribution in [2.75, 3.05) is 13.2 Å². The highest BCUT2D eigenvalue weighted by Gasteiger charge is 2.18. The van der Waals surface area contributed by atoms with E-state index in [2.05, 4.69) is 55.6 Å². The maximum atomic E-state index is 12.4. The van der Waals surface area contributed by atoms with Crippen LogP contribution in [0.3, 0.4) is 0 Å². The molecule has 0 spiro atoms. The highest BCUT2D eigenvalue weighted by molar-refractivity contribution is 5.76. The Hall–Kier alpha value is -2.18. The predicted octanol–water partition coefficient (Wildman–Crippen LogP) is 22.1. The fraction of sp³-hybridized carbons (Fsp3) is 0.859. The van der Waals surface area contributed by atoms with E-state index in [1.54, 1.807) is 6.08 Å². The quantitative estimate of drug-likeness (QED) is 0.0320. The summed E-state index contributed by atoms with van der Waals surface area (Å²) in [4.78, 5) is 24.5. The Morgan fingerprint density at radius 3 is 1.01 bits per heavy atom. The van der Waals surface area contributed by atoms with Crippen molar-refractivity contribution >= 4 is 11.9 Å². The molecule has 0 heterocycles. The minimum atomic E-state index is -0.841. The minimum Gasteiger partial charge on any atom is -0.466 e. The summed E-state index contributed by atoms with van der Waals surface area (Å²) >= 11 is 0. The Bertz CT molecular complexity index is 1290. The highest BCUT2D eigenvalue weighted by Crippen LogP contribution is 2.18. The number of hydrogen-bond donors (Lipinski definition) is 3. The third-order valence-corrected chi connectivity index (χ3v) is 15.8. The number of ether oxygens (including phenoxy) is 1. The zero-order chi connectivity index (χ0) is 55.7. The number of rotatable bonds is 64. The van der Waals surface area contributed by atoms with Crippen LogP contribution >= 0.6 is 0 Å². The van der Waals surface area contributed by atoms with Crippen molar-refractivity contribution in [3.05, 3.63) is 48.6 Å². The molecule has 0 aromatic rings. The minimum absolute atomic E-state index is 0.00911. The van der Waals surface area contributed by atoms with E-state index in [9.17, 15) is 19.8 Å². The number of aliphatic hydroxyl groups is 2. The smallest absolute Gasteiger partial charge is 0.305 e. The Morgan fingerprint density at radius 1 is 0.364 bits per heavy atom. The highest BCUT2D eigenvalue weighted by atomic mass is 16.5. The third-order valence-electron chi connectivity index (χ3n) is 15.8. The normalized spacial score (nSPS) is 12.8. The van der Waals surface area contributed by atoms with Gasteiger partial charge in [-0.25, -0.2) is 0 Å². The molecule has 0 saturated heterocycles. The Kier molecular flexibility index (Phi) is 64.5. The zero-order valence-electron chi connectivity index (χ0n) is 51.7. The van der Waals surface area contributed by atoms with E-state index in [1.165, 1.54) is 289 Å². The molecule has 0 aliphatic heterocycles. The van der Waals surface area contributed by atoms with E-state index >= 15 is 0 Å². The average molecular weight is 1080 g/mol. The van der Waals surface area contributed by atoms with Gasteiger partial charge in [-0.1, -0.05) is 313 Å². The van der Waals surface area contributed by atoms with Crippen molar-refractivity contribution in [1.29, 1.82) is 0 Å². The molecule has 6 nitrogen and oxygen atoms in total. The van der Waals surface area contributed by atoms with Crippen LogP contribution in [0.25, 0.3) is 0 Å². The second-order valence-electron chi connectivity index (χ2n) is 23.5. The van der Waals surface area contributed by atoms with Crippen LogP contribution in [-0.2, 0) is 14.3 Å². The lowest BCUT2D eigenvalue weighted by atomic mass is 10.0. The molecule has 0 rings (SSSR count). The number of aliphatic hydroxyl groups excluding tert-OH is 2. The third kappa shape index (κ3) is 62.9. The number of hydrogen-bond acceptors (Lipinski definition) is 5. The molecule has 0 fully saturated rings. The van der Waals surface area contributed by atoms with Crippen molar-refractivity contribution in [2.45, 2.75) is 379 Å². The van der Waals surface area contributed by atoms with Crippen LogP contribution < -0.4 is 5.32 Å². The van der Waals surface area contributed by atoms with Gasteiger partial charge >= 0.3 is 5.97 Å². The van der Waals surface area contributed by atoms with E-state index in [-0.39, 0.29) is 18.5 Å². The summed E-state index contributed by atoms with van der Waals surface area (Å²) in [5.74, 6) is -0.0573. The topological polar surface area (TPSA) is 95.9 Å². The molecule has 0 aromatic carbocycles. The van der Waals surface area contributed by atoms with Gasteiger partial charge in [0.15, 0.2) is 0 Å². The molecule has 0 aliphatic carbocycles. The molecule has 1 amide bonds. The SMILES string of the molecule is CCCCCC/C=C\CCCCCCCC(=O)OCCCCCCCCCCCCCCC/C=C\C/C=C\CCCCCCCCCCCCCCCCCCCC(=O)NC(CO)C(O)/C=C/CCCCCCCCCC. The molecule has 2 unspecified atom stereocenters. The first-order valence-corrected chi connectivity index (χ1v) is 34.4. The lowest BCUT2D eigenvalue weighted by Crippen LogP contribution is -2.45. The largest absolute Gasteiger partial charge is 0.466 e. The van der Waals surface area contributed by atoms with Crippen LogP contribution in [0, 0.1) is 0 Å². The predicted molar refractivity (Wildman–Crippen MR) is 338 cm³/mol. The number of esters is 1. The van der Waals surface area contributed by atoms with Crippen LogP contribution in [0.15, 0.2) is 48.6 Å². The first kappa shape index (κ1) is 74.8. The van der Waals surface area contributed by atoms with Crippen molar-refractivity contribution in [3.63, 3.8) is 0 Å². The monoisotopic (exact) mass is 1080 g/mol. The van der Waals surface area contributed by atoms with Gasteiger partial charge in [0.25, 0.3) is 0 Å². The maximum Gasteiger partial charge on any atom is 0.305 e. The summed E-state index contributed by atoms with van der Waals surface area (Å²) in [6.07, 6.45) is 86.4. The summed E-state index contributed by atoms with van der Waals surface area (Å²) in [6.45, 7) is 4.88. The second-order valence-corrected chi connectivity index (χ2v) is 23.5. The molecule has 0 radical (unpaired) electrons. The summed E-state index contributed by atoms with van der Waals surface area (Å²) in [5.41, 5.74) is 0. The van der Waals surface area contributed by atoms with Gasteiger partial charge in [0.1, 0.15) is 0 Å². The van der Waals surface area contributed by atoms with Gasteiger partial charge in [0, 0.05) is 12.8 Å². The molecule has 77 heavy (non-hydrogen) atoms. The second kappa shape index (κ2) is 66.3. The molecule has 0 aromatic heterocycles. The Morgan fingerprint density at radius 2 is 0.649 bits per heavy atom. The summed E-state index contributed by atoms with van der Waals surface area (Å²) in [6, 6.07) is -0.624. The molecule has 3 N–H and O–H groups in total. The molecule has 0 bridgehead atoms. The first-order valence-electron chi connectivity index (χ1n) is 34.4. The molecule has 2 atom stereocenters. The maximum absolute atomic E-state index is 12.4. The van der Waals surface area contributed by atoms with Crippen LogP contribution in [0.2, 0.25) is 0 Å². The van der Waals surface area contributed by atoms with Crippen molar-refractivity contribution in [3.8, 4) is 0 Å². The van der Waals surface area contributed by atoms with Crippen LogP contribution in [-0.4, -0.2) is 47.4 Å². The van der Waals surface area contributed by atoms with Gasteiger partial charge in [0.2, 0.25) is 5.91 Å². The molecular weight excluding hydrogens is 947 g/mol. The van der Waals surface area contributed by atoms with Crippen LogP contribution in [0.1, 0.15) is 367 Å². The summed E-state index contributed by atoms with van der Waals surface area (Å²) in [7, 11) is 0. The molecule has 0 aliphatic rings. The lowest BCUT2D eigenvalue weighted by Gasteiger charge is -2.20. The van der Waals surface area contributed by atoms with E-state index in [0.717, 1.165) is 51.4 Å². The first-order chi connectivity index (χ1) is 38.0. The van der Waals surface area contributed by atoms with E-state index in [1.807, 2.05) is 6.08 Å². The van der Waals surface area contributed by atoms with Crippen molar-refractivity contribution in [2.24, 2.45) is 0 Å². The van der Waals surface area contributed by atoms with E-state index < -0.39 is 12.1 Å². The van der Waals surface area contributed by atoms with Gasteiger partial charge in [-0.05, 0) is 89.9 Å². The average Bonchev–Trinajstić information content (AvgIpc) is 3.43. The number of allylic oxidation sites excluding steroid dienone is 7. The number of carbonyl (C=O) groups is 2. The van der Waals surface area contributed by atoms with Gasteiger partial charge < -0.3 is 20.3 Å². The van der Waals surface area contributed by atoms with Gasteiger partial charge in [0.05, 0.1) is 25.4 Å². The molecule has 452 valence electrons. The van der Waals surface area contributed by atoms with Crippen LogP contribution in [0.4, 0.5) is 0 Å². The summed E-state index contributed by atoms with van der Waals surface area (Å²) < 4.78 is 5.48. The Balaban J connectivity index is 3.35. The fourth-order valence-electron chi connectivity index (χ4n) is 10.5. The number of carbonyl (C=O) groups excluding carboxylic acids is 2. The van der Waals surface area contributed by atoms with Crippen molar-refractivity contribution < 1.29 is 24.5 Å². The number of amides is 1. The standard InChI is InChI=1S/C71H133NO5/c1-3-5-7-9-11-13-15-41-45-49-53-57-61-65-71(76)77-66-62-58-54-50-46-43-40-38-36-34-32-30-28-26-24-22-20-18-16-17-19-21-23-25-27-29-31-33-35-37-39-42-44-48-52-56-60-64-70(75)72-68(67-73)69(74)63-59-55-51-47-14-12-10-8-6-4-2/h13,15-16,18,22,24,59,63,68-69,73-74H,3-12,14,17,19-21,23,25-58,60-62,64-67H2,1-2H3,(H,72,75)/b15-13-,18-16-,24-22-,63-59+.